The molecule has 0 rings (SSSR count). The molecule has 0 spiro atoms. The zero-order valence-electron chi connectivity index (χ0n) is 11.9. The number of aliphatic carboxylic acids is 1. The Hall–Kier alpha value is -0.408. The van der Waals surface area contributed by atoms with Gasteiger partial charge in [0.15, 0.2) is 0 Å². The molecule has 5 nitrogen and oxygen atoms in total. The van der Waals surface area contributed by atoms with Crippen molar-refractivity contribution in [3.63, 3.8) is 0 Å². The van der Waals surface area contributed by atoms with E-state index in [4.69, 9.17) is 12.7 Å². The molecule has 106 valence electrons. The van der Waals surface area contributed by atoms with Crippen molar-refractivity contribution in [2.45, 2.75) is 47.0 Å². The second-order valence-electron chi connectivity index (χ2n) is 3.62. The molecule has 0 fully saturated rings. The molecule has 1 N–H and O–H groups in total. The van der Waals surface area contributed by atoms with Gasteiger partial charge in [-0.1, -0.05) is 13.8 Å². The van der Waals surface area contributed by atoms with Gasteiger partial charge >= 0.3 is 21.9 Å². The van der Waals surface area contributed by atoms with E-state index >= 15 is 0 Å². The molecule has 0 heterocycles. The van der Waals surface area contributed by atoms with E-state index < -0.39 is 27.8 Å². The van der Waals surface area contributed by atoms with E-state index in [1.807, 2.05) is 20.8 Å². The summed E-state index contributed by atoms with van der Waals surface area (Å²) in [6.07, 6.45) is 1.50. The summed E-state index contributed by atoms with van der Waals surface area (Å²) in [6, 6.07) is 0. The number of ketones is 1. The second-order valence-corrected chi connectivity index (χ2v) is 4.67. The molecule has 0 aromatic rings. The largest absolute Gasteiger partial charge is 0.649 e. The fourth-order valence-electron chi connectivity index (χ4n) is 1.19. The molecular weight excluding hydrogens is 251 g/mol. The zero-order chi connectivity index (χ0) is 14.4. The summed E-state index contributed by atoms with van der Waals surface area (Å²) in [5.41, 5.74) is 0. The van der Waals surface area contributed by atoms with Crippen LogP contribution in [0, 0.1) is 5.92 Å². The Morgan fingerprint density at radius 2 is 1.61 bits per heavy atom. The third kappa shape index (κ3) is 12.1. The minimum Gasteiger partial charge on any atom is -0.481 e. The molecule has 0 radical (unpaired) electrons. The van der Waals surface area contributed by atoms with Crippen LogP contribution < -0.4 is 0 Å². The smallest absolute Gasteiger partial charge is 0.481 e. The van der Waals surface area contributed by atoms with E-state index in [9.17, 15) is 9.59 Å². The topological polar surface area (TPSA) is 72.8 Å². The number of carboxylic acids is 1. The summed E-state index contributed by atoms with van der Waals surface area (Å²) in [7, 11) is 0. The highest BCUT2D eigenvalue weighted by molar-refractivity contribution is 6.17. The molecule has 0 aliphatic carbocycles. The molecular formula is C12H25AlO5. The van der Waals surface area contributed by atoms with E-state index in [0.29, 0.717) is 12.8 Å². The van der Waals surface area contributed by atoms with Crippen LogP contribution in [-0.4, -0.2) is 46.0 Å². The lowest BCUT2D eigenvalue weighted by Gasteiger charge is -2.06. The van der Waals surface area contributed by atoms with Crippen molar-refractivity contribution in [3.05, 3.63) is 0 Å². The summed E-state index contributed by atoms with van der Waals surface area (Å²) in [6.45, 7) is 9.13. The van der Waals surface area contributed by atoms with Crippen molar-refractivity contribution in [3.8, 4) is 0 Å². The molecule has 0 bridgehead atoms. The van der Waals surface area contributed by atoms with Gasteiger partial charge in [0.25, 0.3) is 0 Å². The molecule has 0 saturated carbocycles. The van der Waals surface area contributed by atoms with Crippen LogP contribution >= 0.6 is 0 Å². The van der Waals surface area contributed by atoms with Crippen LogP contribution in [0.15, 0.2) is 0 Å². The summed E-state index contributed by atoms with van der Waals surface area (Å²) in [4.78, 5) is 21.5. The first-order chi connectivity index (χ1) is 8.54. The average molecular weight is 276 g/mol. The quantitative estimate of drug-likeness (QED) is 0.395. The monoisotopic (exact) mass is 276 g/mol. The first kappa shape index (κ1) is 19.9. The number of Topliss-reactive ketones (excluding diaryl/α,β-unsaturated/α-hetero) is 1. The van der Waals surface area contributed by atoms with E-state index in [2.05, 4.69) is 0 Å². The normalized spacial score (nSPS) is 11.1. The SMILES string of the molecule is CCCC(=O)C(CC)C(=O)O.CC[O][AlH][O]CC. The third-order valence-electron chi connectivity index (χ3n) is 2.17. The first-order valence-corrected chi connectivity index (χ1v) is 7.61. The van der Waals surface area contributed by atoms with Crippen molar-refractivity contribution < 1.29 is 22.3 Å². The van der Waals surface area contributed by atoms with Gasteiger partial charge in [-0.15, -0.1) is 0 Å². The van der Waals surface area contributed by atoms with E-state index in [1.165, 1.54) is 0 Å². The van der Waals surface area contributed by atoms with Gasteiger partial charge in [0.2, 0.25) is 0 Å². The van der Waals surface area contributed by atoms with Gasteiger partial charge in [-0.25, -0.2) is 0 Å². The fourth-order valence-corrected chi connectivity index (χ4v) is 1.64. The lowest BCUT2D eigenvalue weighted by Crippen LogP contribution is -2.22. The molecule has 0 aliphatic heterocycles. The van der Waals surface area contributed by atoms with Crippen molar-refractivity contribution in [2.75, 3.05) is 13.2 Å². The van der Waals surface area contributed by atoms with Crippen molar-refractivity contribution in [2.24, 2.45) is 5.92 Å². The maximum atomic E-state index is 11.0. The van der Waals surface area contributed by atoms with Crippen LogP contribution in [0.25, 0.3) is 0 Å². The van der Waals surface area contributed by atoms with Crippen molar-refractivity contribution in [1.29, 1.82) is 0 Å². The number of hydrogen-bond acceptors (Lipinski definition) is 4. The van der Waals surface area contributed by atoms with Crippen LogP contribution in [0.4, 0.5) is 0 Å². The summed E-state index contributed by atoms with van der Waals surface area (Å²) < 4.78 is 9.98. The minimum absolute atomic E-state index is 0.150. The molecule has 18 heavy (non-hydrogen) atoms. The lowest BCUT2D eigenvalue weighted by atomic mass is 9.98. The Balaban J connectivity index is 0. The Kier molecular flexibility index (Phi) is 16.2. The Bertz CT molecular complexity index is 217. The van der Waals surface area contributed by atoms with Gasteiger partial charge in [-0.3, -0.25) is 9.59 Å². The first-order valence-electron chi connectivity index (χ1n) is 6.45. The Labute approximate surface area is 116 Å². The Morgan fingerprint density at radius 1 is 1.11 bits per heavy atom. The van der Waals surface area contributed by atoms with Gasteiger partial charge in [-0.05, 0) is 26.7 Å². The number of carbonyl (C=O) groups excluding carboxylic acids is 1. The predicted molar refractivity (Wildman–Crippen MR) is 71.7 cm³/mol. The van der Waals surface area contributed by atoms with Crippen LogP contribution in [0.3, 0.4) is 0 Å². The van der Waals surface area contributed by atoms with Crippen molar-refractivity contribution >= 4 is 27.6 Å². The molecule has 1 unspecified atom stereocenters. The number of carboxylic acid groups (broad SMARTS) is 1. The highest BCUT2D eigenvalue weighted by atomic mass is 27.2. The van der Waals surface area contributed by atoms with Crippen LogP contribution in [0.2, 0.25) is 0 Å². The third-order valence-corrected chi connectivity index (χ3v) is 3.32. The summed E-state index contributed by atoms with van der Waals surface area (Å²) >= 11 is -0.589. The molecule has 0 saturated heterocycles. The van der Waals surface area contributed by atoms with Gasteiger partial charge in [0.1, 0.15) is 11.7 Å². The number of rotatable bonds is 9. The van der Waals surface area contributed by atoms with Gasteiger partial charge in [-0.2, -0.15) is 0 Å². The Morgan fingerprint density at radius 3 is 1.89 bits per heavy atom. The number of hydrogen-bond donors (Lipinski definition) is 1. The number of carbonyl (C=O) groups is 2. The van der Waals surface area contributed by atoms with E-state index in [-0.39, 0.29) is 5.78 Å². The molecule has 6 heteroatoms. The van der Waals surface area contributed by atoms with Crippen LogP contribution in [0.5, 0.6) is 0 Å². The average Bonchev–Trinajstić information content (AvgIpc) is 2.31. The molecule has 0 aromatic heterocycles. The molecule has 0 amide bonds. The van der Waals surface area contributed by atoms with Gasteiger partial charge in [0, 0.05) is 19.6 Å². The summed E-state index contributed by atoms with van der Waals surface area (Å²) in [5.74, 6) is -1.93. The van der Waals surface area contributed by atoms with E-state index in [0.717, 1.165) is 19.6 Å². The highest BCUT2D eigenvalue weighted by Gasteiger charge is 2.22. The zero-order valence-corrected chi connectivity index (χ0v) is 13.3. The maximum absolute atomic E-state index is 11.0. The van der Waals surface area contributed by atoms with Gasteiger partial charge in [0.05, 0.1) is 0 Å². The van der Waals surface area contributed by atoms with E-state index in [1.54, 1.807) is 6.92 Å². The molecule has 1 atom stereocenters. The van der Waals surface area contributed by atoms with Crippen LogP contribution in [-0.2, 0) is 17.2 Å². The summed E-state index contributed by atoms with van der Waals surface area (Å²) in [5, 5.41) is 8.55. The molecule has 0 aromatic carbocycles. The minimum atomic E-state index is -0.994. The maximum Gasteiger partial charge on any atom is 0.649 e. The fraction of sp³-hybridized carbons (Fsp3) is 0.833. The van der Waals surface area contributed by atoms with Gasteiger partial charge < -0.3 is 12.7 Å². The van der Waals surface area contributed by atoms with Crippen LogP contribution in [0.1, 0.15) is 47.0 Å². The lowest BCUT2D eigenvalue weighted by molar-refractivity contribution is -0.146. The predicted octanol–water partition coefficient (Wildman–Crippen LogP) is 1.79. The molecule has 0 aliphatic rings. The second kappa shape index (κ2) is 14.7. The highest BCUT2D eigenvalue weighted by Crippen LogP contribution is 2.08. The van der Waals surface area contributed by atoms with Crippen molar-refractivity contribution in [1.82, 2.24) is 0 Å². The standard InChI is InChI=1S/C8H14O3.2C2H5O.Al.H/c1-3-5-7(9)6(4-2)8(10)11;2*1-2-3;;/h6H,3-5H2,1-2H3,(H,10,11);2*2H2,1H3;;/q;2*-1;+2;.